The molecule has 5 rings (SSSR count). The molecule has 5 aliphatic rings. The molecule has 31 heavy (non-hydrogen) atoms. The van der Waals surface area contributed by atoms with E-state index in [4.69, 9.17) is 14.2 Å². The van der Waals surface area contributed by atoms with Crippen LogP contribution in [0.4, 0.5) is 0 Å². The molecule has 0 aromatic heterocycles. The van der Waals surface area contributed by atoms with E-state index in [0.29, 0.717) is 12.0 Å². The first-order valence-electron chi connectivity index (χ1n) is 11.2. The number of carbonyl (C=O) groups is 3. The molecule has 0 aromatic carbocycles. The maximum atomic E-state index is 13.1. The van der Waals surface area contributed by atoms with Gasteiger partial charge >= 0.3 is 11.9 Å². The molecule has 6 heteroatoms. The van der Waals surface area contributed by atoms with E-state index in [2.05, 4.69) is 20.8 Å². The number of rotatable bonds is 4. The van der Waals surface area contributed by atoms with Crippen LogP contribution >= 0.6 is 0 Å². The predicted molar refractivity (Wildman–Crippen MR) is 114 cm³/mol. The number of allylic oxidation sites excluding steroid dienone is 3. The lowest BCUT2D eigenvalue weighted by Gasteiger charge is -2.65. The molecule has 6 nitrogen and oxygen atoms in total. The SMILES string of the molecule is C/C=C(/C)C(=O)O[C@@H]1C[C@@H](OC(=O)[C@]2(C)O[C@@H]2C)C(C)(C)[C@@H]2[C@H]3C(=O)C=C(C)[C@@H]2[C@]31C. The van der Waals surface area contributed by atoms with Gasteiger partial charge in [0.05, 0.1) is 6.10 Å². The molecule has 8 atom stereocenters. The Morgan fingerprint density at radius 3 is 2.26 bits per heavy atom. The van der Waals surface area contributed by atoms with Gasteiger partial charge in [-0.05, 0) is 52.5 Å². The summed E-state index contributed by atoms with van der Waals surface area (Å²) in [4.78, 5) is 38.8. The Kier molecular flexibility index (Phi) is 4.86. The molecule has 0 aromatic rings. The smallest absolute Gasteiger partial charge is 0.341 e. The van der Waals surface area contributed by atoms with Crippen molar-refractivity contribution < 1.29 is 28.6 Å². The van der Waals surface area contributed by atoms with Gasteiger partial charge < -0.3 is 14.2 Å². The van der Waals surface area contributed by atoms with Crippen LogP contribution in [0, 0.1) is 28.6 Å². The highest BCUT2D eigenvalue weighted by Crippen LogP contribution is 2.72. The normalized spacial score (nSPS) is 45.1. The second-order valence-electron chi connectivity index (χ2n) is 10.8. The first-order valence-corrected chi connectivity index (χ1v) is 11.2. The fraction of sp³-hybridized carbons (Fsp3) is 0.720. The molecule has 4 aliphatic carbocycles. The summed E-state index contributed by atoms with van der Waals surface area (Å²) in [7, 11) is 0. The maximum Gasteiger partial charge on any atom is 0.341 e. The first kappa shape index (κ1) is 22.3. The van der Waals surface area contributed by atoms with E-state index < -0.39 is 28.6 Å². The zero-order valence-corrected chi connectivity index (χ0v) is 19.8. The Morgan fingerprint density at radius 1 is 1.13 bits per heavy atom. The van der Waals surface area contributed by atoms with Crippen LogP contribution in [0.25, 0.3) is 0 Å². The Morgan fingerprint density at radius 2 is 1.74 bits per heavy atom. The number of epoxide rings is 1. The molecule has 0 amide bonds. The van der Waals surface area contributed by atoms with E-state index in [0.717, 1.165) is 5.57 Å². The Hall–Kier alpha value is -1.95. The number of esters is 2. The number of ether oxygens (including phenoxy) is 3. The minimum Gasteiger partial charge on any atom is -0.459 e. The average molecular weight is 431 g/mol. The number of carbonyl (C=O) groups excluding carboxylic acids is 3. The van der Waals surface area contributed by atoms with E-state index in [-0.39, 0.29) is 41.6 Å². The van der Waals surface area contributed by atoms with Crippen LogP contribution in [0.5, 0.6) is 0 Å². The lowest BCUT2D eigenvalue weighted by molar-refractivity contribution is -0.202. The van der Waals surface area contributed by atoms with E-state index in [1.165, 1.54) is 0 Å². The van der Waals surface area contributed by atoms with Crippen LogP contribution in [0.2, 0.25) is 0 Å². The van der Waals surface area contributed by atoms with Crippen molar-refractivity contribution in [1.29, 1.82) is 0 Å². The zero-order chi connectivity index (χ0) is 23.1. The highest BCUT2D eigenvalue weighted by Gasteiger charge is 2.74. The molecule has 0 radical (unpaired) electrons. The van der Waals surface area contributed by atoms with Gasteiger partial charge in [-0.1, -0.05) is 32.4 Å². The zero-order valence-electron chi connectivity index (χ0n) is 19.8. The van der Waals surface area contributed by atoms with Crippen LogP contribution in [0.15, 0.2) is 23.3 Å². The van der Waals surface area contributed by atoms with Crippen LogP contribution in [-0.2, 0) is 28.6 Å². The highest BCUT2D eigenvalue weighted by atomic mass is 16.7. The predicted octanol–water partition coefficient (Wildman–Crippen LogP) is 3.78. The van der Waals surface area contributed by atoms with Crippen molar-refractivity contribution in [2.45, 2.75) is 85.7 Å². The average Bonchev–Trinajstić information content (AvgIpc) is 3.32. The molecule has 4 bridgehead atoms. The second kappa shape index (κ2) is 6.77. The molecular formula is C25H34O6. The van der Waals surface area contributed by atoms with Gasteiger partial charge in [-0.3, -0.25) is 4.79 Å². The topological polar surface area (TPSA) is 82.2 Å². The summed E-state index contributed by atoms with van der Waals surface area (Å²) in [5, 5.41) is 0. The van der Waals surface area contributed by atoms with Gasteiger partial charge in [0.15, 0.2) is 11.4 Å². The van der Waals surface area contributed by atoms with Gasteiger partial charge in [-0.15, -0.1) is 0 Å². The van der Waals surface area contributed by atoms with Crippen molar-refractivity contribution in [3.8, 4) is 0 Å². The summed E-state index contributed by atoms with van der Waals surface area (Å²) in [6.07, 6.45) is 2.63. The van der Waals surface area contributed by atoms with E-state index in [1.54, 1.807) is 32.9 Å². The van der Waals surface area contributed by atoms with Gasteiger partial charge in [0.1, 0.15) is 12.2 Å². The number of hydrogen-bond acceptors (Lipinski definition) is 6. The third-order valence-corrected chi connectivity index (χ3v) is 8.84. The lowest BCUT2D eigenvalue weighted by Crippen LogP contribution is -2.67. The van der Waals surface area contributed by atoms with Crippen molar-refractivity contribution >= 4 is 17.7 Å². The van der Waals surface area contributed by atoms with Gasteiger partial charge in [0.25, 0.3) is 0 Å². The number of ketones is 1. The van der Waals surface area contributed by atoms with Gasteiger partial charge in [0, 0.05) is 28.7 Å². The van der Waals surface area contributed by atoms with Crippen LogP contribution < -0.4 is 0 Å². The molecule has 0 spiro atoms. The highest BCUT2D eigenvalue weighted by molar-refractivity contribution is 5.97. The van der Waals surface area contributed by atoms with Crippen molar-refractivity contribution in [2.24, 2.45) is 28.6 Å². The standard InChI is InChI=1S/C25H34O6/c1-9-12(2)21(27)29-17-11-16(30-22(28)25(8)14(4)31-25)23(5,6)20-18-13(3)10-15(26)19(20)24(17,18)7/h9-10,14,16-20H,11H2,1-8H3/b12-9-/t14-,16-,17-,18+,19-,20+,24-,25-/m1/s1. The maximum absolute atomic E-state index is 13.1. The van der Waals surface area contributed by atoms with E-state index in [1.807, 2.05) is 13.8 Å². The van der Waals surface area contributed by atoms with Crippen LogP contribution in [0.3, 0.4) is 0 Å². The van der Waals surface area contributed by atoms with Crippen molar-refractivity contribution in [3.63, 3.8) is 0 Å². The fourth-order valence-electron chi connectivity index (χ4n) is 6.44. The Labute approximate surface area is 184 Å². The van der Waals surface area contributed by atoms with Gasteiger partial charge in [-0.25, -0.2) is 9.59 Å². The largest absolute Gasteiger partial charge is 0.459 e. The molecule has 4 fully saturated rings. The summed E-state index contributed by atoms with van der Waals surface area (Å²) in [5.74, 6) is -0.812. The van der Waals surface area contributed by atoms with E-state index in [9.17, 15) is 14.4 Å². The third kappa shape index (κ3) is 2.90. The van der Waals surface area contributed by atoms with Gasteiger partial charge in [-0.2, -0.15) is 0 Å². The third-order valence-electron chi connectivity index (χ3n) is 8.84. The summed E-state index contributed by atoms with van der Waals surface area (Å²) < 4.78 is 17.6. The first-order chi connectivity index (χ1) is 14.3. The quantitative estimate of drug-likeness (QED) is 0.383. The summed E-state index contributed by atoms with van der Waals surface area (Å²) >= 11 is 0. The van der Waals surface area contributed by atoms with Crippen molar-refractivity contribution in [3.05, 3.63) is 23.3 Å². The molecule has 170 valence electrons. The van der Waals surface area contributed by atoms with E-state index >= 15 is 0 Å². The minimum absolute atomic E-state index is 0.0321. The lowest BCUT2D eigenvalue weighted by atomic mass is 9.37. The molecule has 0 N–H and O–H groups in total. The Bertz CT molecular complexity index is 913. The monoisotopic (exact) mass is 430 g/mol. The minimum atomic E-state index is -0.926. The van der Waals surface area contributed by atoms with Crippen LogP contribution in [-0.4, -0.2) is 41.6 Å². The summed E-state index contributed by atoms with van der Waals surface area (Å²) in [5.41, 5.74) is -0.343. The molecule has 0 unspecified atom stereocenters. The summed E-state index contributed by atoms with van der Waals surface area (Å²) in [6, 6.07) is 0. The number of fused-ring (bicyclic) bond motifs is 3. The van der Waals surface area contributed by atoms with Gasteiger partial charge in [0.2, 0.25) is 0 Å². The van der Waals surface area contributed by atoms with Crippen molar-refractivity contribution in [1.82, 2.24) is 0 Å². The second-order valence-corrected chi connectivity index (χ2v) is 10.8. The molecule has 1 aliphatic heterocycles. The molecule has 3 saturated carbocycles. The van der Waals surface area contributed by atoms with Crippen molar-refractivity contribution in [2.75, 3.05) is 0 Å². The Balaban J connectivity index is 1.73. The molecule has 1 saturated heterocycles. The molecule has 1 heterocycles. The fourth-order valence-corrected chi connectivity index (χ4v) is 6.44. The molecular weight excluding hydrogens is 396 g/mol. The summed E-state index contributed by atoms with van der Waals surface area (Å²) in [6.45, 7) is 15.3. The van der Waals surface area contributed by atoms with Crippen LogP contribution in [0.1, 0.15) is 61.8 Å². The number of hydrogen-bond donors (Lipinski definition) is 0.